The van der Waals surface area contributed by atoms with Gasteiger partial charge in [0.25, 0.3) is 0 Å². The minimum absolute atomic E-state index is 0.100. The number of ether oxygens (including phenoxy) is 1. The van der Waals surface area contributed by atoms with Gasteiger partial charge in [-0.05, 0) is 43.2 Å². The lowest BCUT2D eigenvalue weighted by Crippen LogP contribution is -2.38. The molecule has 0 radical (unpaired) electrons. The molecule has 0 saturated heterocycles. The van der Waals surface area contributed by atoms with Gasteiger partial charge in [-0.1, -0.05) is 18.6 Å². The third kappa shape index (κ3) is 2.87. The van der Waals surface area contributed by atoms with Crippen LogP contribution in [0.15, 0.2) is 24.3 Å². The Morgan fingerprint density at radius 3 is 2.83 bits per heavy atom. The molecule has 0 spiro atoms. The summed E-state index contributed by atoms with van der Waals surface area (Å²) < 4.78 is 5.58. The van der Waals surface area contributed by atoms with Crippen LogP contribution in [-0.2, 0) is 9.59 Å². The number of anilines is 1. The van der Waals surface area contributed by atoms with Gasteiger partial charge in [-0.25, -0.2) is 0 Å². The van der Waals surface area contributed by atoms with Crippen LogP contribution in [0.25, 0.3) is 0 Å². The lowest BCUT2D eigenvalue weighted by molar-refractivity contribution is -0.123. The first kappa shape index (κ1) is 15.5. The van der Waals surface area contributed by atoms with E-state index in [1.807, 2.05) is 24.3 Å². The van der Waals surface area contributed by atoms with Gasteiger partial charge in [0, 0.05) is 18.9 Å². The summed E-state index contributed by atoms with van der Waals surface area (Å²) in [6.07, 6.45) is 4.86. The molecule has 2 fully saturated rings. The largest absolute Gasteiger partial charge is 0.490 e. The molecule has 3 aliphatic rings. The Morgan fingerprint density at radius 1 is 1.21 bits per heavy atom. The first-order valence-electron chi connectivity index (χ1n) is 9.05. The highest BCUT2D eigenvalue weighted by atomic mass is 16.5. The number of carbonyl (C=O) groups excluding carboxylic acids is 2. The van der Waals surface area contributed by atoms with Crippen molar-refractivity contribution < 1.29 is 14.3 Å². The van der Waals surface area contributed by atoms with Crippen molar-refractivity contribution in [3.63, 3.8) is 0 Å². The third-order valence-electron chi connectivity index (χ3n) is 5.61. The maximum Gasteiger partial charge on any atom is 0.227 e. The molecule has 1 aromatic carbocycles. The van der Waals surface area contributed by atoms with Crippen molar-refractivity contribution in [3.05, 3.63) is 24.3 Å². The fraction of sp³-hybridized carbons (Fsp3) is 0.579. The van der Waals surface area contributed by atoms with E-state index in [-0.39, 0.29) is 17.7 Å². The van der Waals surface area contributed by atoms with Gasteiger partial charge in [0.2, 0.25) is 11.8 Å². The molecule has 2 amide bonds. The van der Waals surface area contributed by atoms with Crippen molar-refractivity contribution >= 4 is 17.5 Å². The molecule has 1 aliphatic heterocycles. The predicted molar refractivity (Wildman–Crippen MR) is 90.9 cm³/mol. The van der Waals surface area contributed by atoms with Crippen LogP contribution in [0.2, 0.25) is 0 Å². The van der Waals surface area contributed by atoms with Crippen molar-refractivity contribution in [3.8, 4) is 5.75 Å². The molecule has 24 heavy (non-hydrogen) atoms. The van der Waals surface area contributed by atoms with E-state index in [1.165, 1.54) is 19.3 Å². The molecule has 2 aliphatic carbocycles. The molecule has 2 atom stereocenters. The Morgan fingerprint density at radius 2 is 2.00 bits per heavy atom. The molecule has 1 aromatic rings. The van der Waals surface area contributed by atoms with Crippen LogP contribution in [0.3, 0.4) is 0 Å². The molecule has 0 bridgehead atoms. The first-order chi connectivity index (χ1) is 11.8. The number of hydrogen-bond donors (Lipinski definition) is 1. The van der Waals surface area contributed by atoms with E-state index < -0.39 is 0 Å². The second-order valence-electron chi connectivity index (χ2n) is 7.04. The Labute approximate surface area is 142 Å². The Balaban J connectivity index is 1.22. The number of para-hydroxylation sites is 2. The molecule has 0 aromatic heterocycles. The summed E-state index contributed by atoms with van der Waals surface area (Å²) in [5.74, 6) is 2.64. The lowest BCUT2D eigenvalue weighted by Gasteiger charge is -2.29. The SMILES string of the molecule is O=C(NCCCC(=O)N1CCOc2ccccc21)C1C2CCCC21. The van der Waals surface area contributed by atoms with E-state index in [0.717, 1.165) is 11.4 Å². The van der Waals surface area contributed by atoms with Crippen molar-refractivity contribution in [1.82, 2.24) is 5.32 Å². The molecule has 2 unspecified atom stereocenters. The quantitative estimate of drug-likeness (QED) is 0.844. The lowest BCUT2D eigenvalue weighted by atomic mass is 10.1. The maximum absolute atomic E-state index is 12.5. The van der Waals surface area contributed by atoms with E-state index in [0.29, 0.717) is 44.4 Å². The highest BCUT2D eigenvalue weighted by Gasteiger charge is 2.56. The first-order valence-corrected chi connectivity index (χ1v) is 9.05. The predicted octanol–water partition coefficient (Wildman–Crippen LogP) is 2.35. The zero-order valence-electron chi connectivity index (χ0n) is 13.9. The van der Waals surface area contributed by atoms with Gasteiger partial charge >= 0.3 is 0 Å². The minimum Gasteiger partial charge on any atom is -0.490 e. The van der Waals surface area contributed by atoms with Gasteiger partial charge in [-0.3, -0.25) is 9.59 Å². The summed E-state index contributed by atoms with van der Waals surface area (Å²) in [5.41, 5.74) is 0.851. The molecule has 128 valence electrons. The van der Waals surface area contributed by atoms with Crippen molar-refractivity contribution in [2.75, 3.05) is 24.6 Å². The summed E-state index contributed by atoms with van der Waals surface area (Å²) in [4.78, 5) is 26.4. The number of amides is 2. The van der Waals surface area contributed by atoms with Crippen LogP contribution >= 0.6 is 0 Å². The number of carbonyl (C=O) groups is 2. The zero-order valence-corrected chi connectivity index (χ0v) is 13.9. The van der Waals surface area contributed by atoms with Gasteiger partial charge in [0.05, 0.1) is 12.2 Å². The van der Waals surface area contributed by atoms with Crippen LogP contribution in [0.4, 0.5) is 5.69 Å². The molecular weight excluding hydrogens is 304 g/mol. The van der Waals surface area contributed by atoms with E-state index in [9.17, 15) is 9.59 Å². The van der Waals surface area contributed by atoms with Crippen LogP contribution < -0.4 is 15.0 Å². The normalized spacial score (nSPS) is 27.0. The topological polar surface area (TPSA) is 58.6 Å². The number of nitrogens with zero attached hydrogens (tertiary/aromatic N) is 1. The molecule has 5 heteroatoms. The highest BCUT2D eigenvalue weighted by molar-refractivity contribution is 5.95. The average molecular weight is 328 g/mol. The van der Waals surface area contributed by atoms with Crippen LogP contribution in [0.1, 0.15) is 32.1 Å². The molecule has 2 saturated carbocycles. The minimum atomic E-state index is 0.100. The Kier molecular flexibility index (Phi) is 4.17. The smallest absolute Gasteiger partial charge is 0.227 e. The number of fused-ring (bicyclic) bond motifs is 2. The maximum atomic E-state index is 12.5. The third-order valence-corrected chi connectivity index (χ3v) is 5.61. The summed E-state index contributed by atoms with van der Waals surface area (Å²) >= 11 is 0. The van der Waals surface area contributed by atoms with Crippen molar-refractivity contribution in [1.29, 1.82) is 0 Å². The van der Waals surface area contributed by atoms with E-state index in [2.05, 4.69) is 5.32 Å². The Hall–Kier alpha value is -2.04. The second-order valence-corrected chi connectivity index (χ2v) is 7.04. The highest BCUT2D eigenvalue weighted by Crippen LogP contribution is 2.57. The number of benzene rings is 1. The van der Waals surface area contributed by atoms with Gasteiger partial charge in [0.1, 0.15) is 12.4 Å². The van der Waals surface area contributed by atoms with Crippen molar-refractivity contribution in [2.24, 2.45) is 17.8 Å². The monoisotopic (exact) mass is 328 g/mol. The summed E-state index contributed by atoms with van der Waals surface area (Å²) in [7, 11) is 0. The van der Waals surface area contributed by atoms with Crippen LogP contribution in [0, 0.1) is 17.8 Å². The number of rotatable bonds is 5. The summed E-state index contributed by atoms with van der Waals surface area (Å²) in [6, 6.07) is 7.64. The standard InChI is InChI=1S/C19H24N2O3/c22-17(21-11-12-24-16-8-2-1-7-15(16)21)9-4-10-20-19(23)18-13-5-3-6-14(13)18/h1-2,7-8,13-14,18H,3-6,9-12H2,(H,20,23). The van der Waals surface area contributed by atoms with Crippen molar-refractivity contribution in [2.45, 2.75) is 32.1 Å². The van der Waals surface area contributed by atoms with E-state index in [1.54, 1.807) is 4.90 Å². The number of nitrogens with one attached hydrogen (secondary N) is 1. The van der Waals surface area contributed by atoms with Gasteiger partial charge < -0.3 is 15.0 Å². The fourth-order valence-corrected chi connectivity index (χ4v) is 4.34. The average Bonchev–Trinajstić information content (AvgIpc) is 3.10. The van der Waals surface area contributed by atoms with E-state index >= 15 is 0 Å². The van der Waals surface area contributed by atoms with Gasteiger partial charge in [-0.15, -0.1) is 0 Å². The summed E-state index contributed by atoms with van der Waals surface area (Å²) in [5, 5.41) is 3.02. The molecular formula is C19H24N2O3. The molecule has 4 rings (SSSR count). The molecule has 1 heterocycles. The second kappa shape index (κ2) is 6.46. The van der Waals surface area contributed by atoms with Crippen LogP contribution in [-0.4, -0.2) is 31.5 Å². The van der Waals surface area contributed by atoms with Crippen LogP contribution in [0.5, 0.6) is 5.75 Å². The van der Waals surface area contributed by atoms with Gasteiger partial charge in [-0.2, -0.15) is 0 Å². The van der Waals surface area contributed by atoms with Gasteiger partial charge in [0.15, 0.2) is 0 Å². The molecule has 5 nitrogen and oxygen atoms in total. The summed E-state index contributed by atoms with van der Waals surface area (Å²) in [6.45, 7) is 1.71. The zero-order chi connectivity index (χ0) is 16.5. The number of hydrogen-bond acceptors (Lipinski definition) is 3. The molecule has 1 N–H and O–H groups in total. The Bertz CT molecular complexity index is 635. The van der Waals surface area contributed by atoms with E-state index in [4.69, 9.17) is 4.74 Å². The fourth-order valence-electron chi connectivity index (χ4n) is 4.34.